The summed E-state index contributed by atoms with van der Waals surface area (Å²) < 4.78 is 34.4. The lowest BCUT2D eigenvalue weighted by Crippen LogP contribution is -2.51. The van der Waals surface area contributed by atoms with Gasteiger partial charge in [0.2, 0.25) is 10.0 Å². The van der Waals surface area contributed by atoms with Crippen molar-refractivity contribution in [3.63, 3.8) is 0 Å². The van der Waals surface area contributed by atoms with Crippen molar-refractivity contribution in [3.8, 4) is 0 Å². The summed E-state index contributed by atoms with van der Waals surface area (Å²) in [5, 5.41) is 6.89. The van der Waals surface area contributed by atoms with Gasteiger partial charge in [0.1, 0.15) is 0 Å². The number of sulfonamides is 1. The Bertz CT molecular complexity index is 821. The predicted octanol–water partition coefficient (Wildman–Crippen LogP) is 1.20. The number of nitrogens with one attached hydrogen (secondary N) is 1. The van der Waals surface area contributed by atoms with E-state index < -0.39 is 15.3 Å². The lowest BCUT2D eigenvalue weighted by molar-refractivity contribution is -0.0951. The number of ether oxygens (including phenoxy) is 1. The molecule has 0 atom stereocenters. The van der Waals surface area contributed by atoms with E-state index in [1.807, 2.05) is 20.9 Å². The molecule has 27 heavy (non-hydrogen) atoms. The van der Waals surface area contributed by atoms with Gasteiger partial charge in [-0.15, -0.1) is 0 Å². The van der Waals surface area contributed by atoms with E-state index >= 15 is 0 Å². The second-order valence-electron chi connectivity index (χ2n) is 8.17. The molecular weight excluding hydrogens is 368 g/mol. The standard InChI is InChI=1S/C18H30N4O4S/c1-12(2)19-17(23)16-14-11-26-18(10-15(14)21(5)20-16)6-8-22(9-7-18)27(24,25)13(3)4/h12-13H,6-11H2,1-5H3,(H,19,23). The van der Waals surface area contributed by atoms with Crippen molar-refractivity contribution in [3.05, 3.63) is 17.0 Å². The molecule has 0 aromatic carbocycles. The van der Waals surface area contributed by atoms with Crippen LogP contribution in [0.15, 0.2) is 0 Å². The van der Waals surface area contributed by atoms with E-state index in [0.29, 0.717) is 44.7 Å². The van der Waals surface area contributed by atoms with Gasteiger partial charge in [0.25, 0.3) is 5.91 Å². The second-order valence-corrected chi connectivity index (χ2v) is 10.7. The summed E-state index contributed by atoms with van der Waals surface area (Å²) in [6, 6.07) is 0.0400. The van der Waals surface area contributed by atoms with E-state index in [4.69, 9.17) is 4.74 Å². The Balaban J connectivity index is 1.76. The Labute approximate surface area is 161 Å². The molecule has 2 aliphatic rings. The first-order valence-electron chi connectivity index (χ1n) is 9.54. The molecule has 1 fully saturated rings. The molecule has 9 heteroatoms. The zero-order chi connectivity index (χ0) is 20.0. The van der Waals surface area contributed by atoms with Gasteiger partial charge in [-0.1, -0.05) is 0 Å². The number of rotatable bonds is 4. The minimum Gasteiger partial charge on any atom is -0.370 e. The molecule has 3 rings (SSSR count). The first-order chi connectivity index (χ1) is 12.6. The third-order valence-electron chi connectivity index (χ3n) is 5.51. The van der Waals surface area contributed by atoms with E-state index in [9.17, 15) is 13.2 Å². The van der Waals surface area contributed by atoms with E-state index in [2.05, 4.69) is 10.4 Å². The molecular formula is C18H30N4O4S. The van der Waals surface area contributed by atoms with Crippen LogP contribution in [-0.4, -0.2) is 58.4 Å². The minimum atomic E-state index is -3.24. The highest BCUT2D eigenvalue weighted by atomic mass is 32.2. The van der Waals surface area contributed by atoms with Gasteiger partial charge in [-0.05, 0) is 40.5 Å². The zero-order valence-corrected chi connectivity index (χ0v) is 17.6. The maximum atomic E-state index is 12.4. The molecule has 1 N–H and O–H groups in total. The number of aryl methyl sites for hydroxylation is 1. The first-order valence-corrected chi connectivity index (χ1v) is 11.0. The van der Waals surface area contributed by atoms with E-state index in [1.54, 1.807) is 22.8 Å². The van der Waals surface area contributed by atoms with Crippen molar-refractivity contribution in [2.45, 2.75) is 70.5 Å². The Morgan fingerprint density at radius 1 is 1.22 bits per heavy atom. The number of aromatic nitrogens is 2. The maximum Gasteiger partial charge on any atom is 0.272 e. The number of hydrogen-bond donors (Lipinski definition) is 1. The number of nitrogens with zero attached hydrogens (tertiary/aromatic N) is 3. The van der Waals surface area contributed by atoms with Crippen LogP contribution in [-0.2, 0) is 34.8 Å². The molecule has 0 bridgehead atoms. The highest BCUT2D eigenvalue weighted by Gasteiger charge is 2.44. The van der Waals surface area contributed by atoms with E-state index in [1.165, 1.54) is 0 Å². The van der Waals surface area contributed by atoms with Crippen LogP contribution in [0.1, 0.15) is 62.3 Å². The van der Waals surface area contributed by atoms with Crippen LogP contribution in [0, 0.1) is 0 Å². The molecule has 0 radical (unpaired) electrons. The molecule has 1 amide bonds. The number of carbonyl (C=O) groups excluding carboxylic acids is 1. The van der Waals surface area contributed by atoms with Crippen LogP contribution in [0.25, 0.3) is 0 Å². The molecule has 0 saturated carbocycles. The summed E-state index contributed by atoms with van der Waals surface area (Å²) >= 11 is 0. The number of carbonyl (C=O) groups is 1. The Morgan fingerprint density at radius 3 is 2.41 bits per heavy atom. The fraction of sp³-hybridized carbons (Fsp3) is 0.778. The third-order valence-corrected chi connectivity index (χ3v) is 7.79. The first kappa shape index (κ1) is 20.3. The number of hydrogen-bond acceptors (Lipinski definition) is 5. The smallest absolute Gasteiger partial charge is 0.272 e. The van der Waals surface area contributed by atoms with Crippen LogP contribution in [0.5, 0.6) is 0 Å². The summed E-state index contributed by atoms with van der Waals surface area (Å²) in [7, 11) is -1.39. The average molecular weight is 399 g/mol. The molecule has 1 saturated heterocycles. The largest absolute Gasteiger partial charge is 0.370 e. The topological polar surface area (TPSA) is 93.5 Å². The van der Waals surface area contributed by atoms with Crippen LogP contribution in [0.2, 0.25) is 0 Å². The summed E-state index contributed by atoms with van der Waals surface area (Å²) in [6.07, 6.45) is 1.95. The molecule has 1 spiro atoms. The third kappa shape index (κ3) is 3.77. The lowest BCUT2D eigenvalue weighted by Gasteiger charge is -2.43. The van der Waals surface area contributed by atoms with Crippen molar-refractivity contribution in [2.24, 2.45) is 7.05 Å². The second kappa shape index (κ2) is 7.18. The van der Waals surface area contributed by atoms with Gasteiger partial charge in [-0.3, -0.25) is 9.48 Å². The van der Waals surface area contributed by atoms with Crippen molar-refractivity contribution in [1.29, 1.82) is 0 Å². The van der Waals surface area contributed by atoms with Gasteiger partial charge in [-0.25, -0.2) is 12.7 Å². The maximum absolute atomic E-state index is 12.4. The van der Waals surface area contributed by atoms with Gasteiger partial charge in [0, 0.05) is 43.9 Å². The van der Waals surface area contributed by atoms with E-state index in [0.717, 1.165) is 11.3 Å². The molecule has 1 aromatic rings. The van der Waals surface area contributed by atoms with Gasteiger partial charge < -0.3 is 10.1 Å². The van der Waals surface area contributed by atoms with Crippen LogP contribution in [0.3, 0.4) is 0 Å². The van der Waals surface area contributed by atoms with Gasteiger partial charge in [0.15, 0.2) is 5.69 Å². The zero-order valence-electron chi connectivity index (χ0n) is 16.8. The fourth-order valence-electron chi connectivity index (χ4n) is 3.84. The van der Waals surface area contributed by atoms with Gasteiger partial charge in [-0.2, -0.15) is 5.10 Å². The lowest BCUT2D eigenvalue weighted by atomic mass is 9.84. The van der Waals surface area contributed by atoms with Crippen molar-refractivity contribution >= 4 is 15.9 Å². The SMILES string of the molecule is CC(C)NC(=O)c1nn(C)c2c1COC1(CCN(S(=O)(=O)C(C)C)CC1)C2. The highest BCUT2D eigenvalue weighted by Crippen LogP contribution is 2.38. The van der Waals surface area contributed by atoms with E-state index in [-0.39, 0.29) is 17.6 Å². The summed E-state index contributed by atoms with van der Waals surface area (Å²) in [5.41, 5.74) is 1.90. The molecule has 3 heterocycles. The highest BCUT2D eigenvalue weighted by molar-refractivity contribution is 7.89. The van der Waals surface area contributed by atoms with Crippen molar-refractivity contribution < 1.29 is 17.9 Å². The summed E-state index contributed by atoms with van der Waals surface area (Å²) in [6.45, 7) is 8.52. The molecule has 0 unspecified atom stereocenters. The monoisotopic (exact) mass is 398 g/mol. The Morgan fingerprint density at radius 2 is 1.85 bits per heavy atom. The average Bonchev–Trinajstić information content (AvgIpc) is 2.91. The molecule has 152 valence electrons. The predicted molar refractivity (Wildman–Crippen MR) is 102 cm³/mol. The molecule has 0 aliphatic carbocycles. The van der Waals surface area contributed by atoms with Crippen LogP contribution >= 0.6 is 0 Å². The molecule has 1 aromatic heterocycles. The Hall–Kier alpha value is -1.45. The van der Waals surface area contributed by atoms with Crippen LogP contribution < -0.4 is 5.32 Å². The van der Waals surface area contributed by atoms with Crippen molar-refractivity contribution in [1.82, 2.24) is 19.4 Å². The Kier molecular flexibility index (Phi) is 5.39. The summed E-state index contributed by atoms with van der Waals surface area (Å²) in [4.78, 5) is 12.4. The quantitative estimate of drug-likeness (QED) is 0.823. The molecule has 8 nitrogen and oxygen atoms in total. The normalized spacial score (nSPS) is 20.3. The van der Waals surface area contributed by atoms with Crippen molar-refractivity contribution in [2.75, 3.05) is 13.1 Å². The minimum absolute atomic E-state index is 0.0400. The fourth-order valence-corrected chi connectivity index (χ4v) is 5.13. The van der Waals surface area contributed by atoms with Gasteiger partial charge in [0.05, 0.1) is 17.5 Å². The number of fused-ring (bicyclic) bond motifs is 1. The number of amides is 1. The van der Waals surface area contributed by atoms with Crippen LogP contribution in [0.4, 0.5) is 0 Å². The molecule has 2 aliphatic heterocycles. The van der Waals surface area contributed by atoms with Gasteiger partial charge >= 0.3 is 0 Å². The number of piperidine rings is 1. The summed E-state index contributed by atoms with van der Waals surface area (Å²) in [5.74, 6) is -0.181.